The number of benzene rings is 1. The first-order valence-electron chi connectivity index (χ1n) is 7.87. The molecule has 140 valence electrons. The van der Waals surface area contributed by atoms with Crippen molar-refractivity contribution in [1.29, 1.82) is 0 Å². The average molecular weight is 380 g/mol. The highest BCUT2D eigenvalue weighted by Gasteiger charge is 2.21. The largest absolute Gasteiger partial charge is 0.457 e. The van der Waals surface area contributed by atoms with E-state index < -0.39 is 28.0 Å². The molecule has 0 bridgehead atoms. The number of carbonyl (C=O) groups excluding carboxylic acids is 2. The van der Waals surface area contributed by atoms with E-state index in [4.69, 9.17) is 9.15 Å². The van der Waals surface area contributed by atoms with Crippen LogP contribution in [-0.2, 0) is 19.6 Å². The molecule has 9 heteroatoms. The van der Waals surface area contributed by atoms with Crippen LogP contribution in [0.3, 0.4) is 0 Å². The average Bonchev–Trinajstić information content (AvgIpc) is 3.08. The van der Waals surface area contributed by atoms with Crippen molar-refractivity contribution in [1.82, 2.24) is 4.72 Å². The molecule has 1 atom stereocenters. The van der Waals surface area contributed by atoms with Gasteiger partial charge < -0.3 is 14.5 Å². The molecular weight excluding hydrogens is 360 g/mol. The number of hydrogen-bond acceptors (Lipinski definition) is 6. The van der Waals surface area contributed by atoms with Gasteiger partial charge in [0, 0.05) is 11.7 Å². The van der Waals surface area contributed by atoms with Gasteiger partial charge in [-0.1, -0.05) is 0 Å². The first-order valence-corrected chi connectivity index (χ1v) is 9.35. The van der Waals surface area contributed by atoms with Crippen molar-refractivity contribution in [2.45, 2.75) is 37.8 Å². The van der Waals surface area contributed by atoms with Crippen molar-refractivity contribution in [2.24, 2.45) is 0 Å². The lowest BCUT2D eigenvalue weighted by atomic mass is 10.3. The Balaban J connectivity index is 1.97. The topological polar surface area (TPSA) is 115 Å². The molecule has 2 rings (SSSR count). The van der Waals surface area contributed by atoms with Crippen molar-refractivity contribution in [3.05, 3.63) is 48.4 Å². The van der Waals surface area contributed by atoms with Gasteiger partial charge in [0.2, 0.25) is 15.8 Å². The second kappa shape index (κ2) is 8.15. The van der Waals surface area contributed by atoms with E-state index in [1.165, 1.54) is 49.6 Å². The van der Waals surface area contributed by atoms with Crippen LogP contribution < -0.4 is 10.0 Å². The molecule has 0 aliphatic rings. The van der Waals surface area contributed by atoms with Crippen LogP contribution in [0, 0.1) is 0 Å². The smallest absolute Gasteiger partial charge is 0.374 e. The molecule has 0 saturated carbocycles. The van der Waals surface area contributed by atoms with E-state index in [1.54, 1.807) is 13.8 Å². The number of anilines is 1. The lowest BCUT2D eigenvalue weighted by molar-refractivity contribution is -0.123. The Labute approximate surface area is 151 Å². The summed E-state index contributed by atoms with van der Waals surface area (Å²) in [4.78, 5) is 23.9. The summed E-state index contributed by atoms with van der Waals surface area (Å²) in [5.41, 5.74) is 0.374. The van der Waals surface area contributed by atoms with Crippen molar-refractivity contribution < 1.29 is 27.2 Å². The summed E-state index contributed by atoms with van der Waals surface area (Å²) in [5.74, 6) is -1.31. The van der Waals surface area contributed by atoms with Crippen LogP contribution in [-0.4, -0.2) is 32.4 Å². The zero-order valence-corrected chi connectivity index (χ0v) is 15.4. The van der Waals surface area contributed by atoms with Crippen LogP contribution in [0.25, 0.3) is 0 Å². The summed E-state index contributed by atoms with van der Waals surface area (Å²) in [6, 6.07) is 8.38. The molecule has 0 radical (unpaired) electrons. The second-order valence-corrected chi connectivity index (χ2v) is 7.53. The number of sulfonamides is 1. The van der Waals surface area contributed by atoms with E-state index >= 15 is 0 Å². The van der Waals surface area contributed by atoms with Gasteiger partial charge in [-0.05, 0) is 57.2 Å². The minimum atomic E-state index is -3.60. The Kier molecular flexibility index (Phi) is 6.17. The molecule has 1 heterocycles. The van der Waals surface area contributed by atoms with Crippen molar-refractivity contribution in [2.75, 3.05) is 5.32 Å². The number of furan rings is 1. The van der Waals surface area contributed by atoms with Crippen LogP contribution in [0.2, 0.25) is 0 Å². The van der Waals surface area contributed by atoms with E-state index in [9.17, 15) is 18.0 Å². The van der Waals surface area contributed by atoms with E-state index in [1.807, 2.05) is 0 Å². The predicted molar refractivity (Wildman–Crippen MR) is 94.1 cm³/mol. The molecule has 2 N–H and O–H groups in total. The maximum atomic E-state index is 12.1. The summed E-state index contributed by atoms with van der Waals surface area (Å²) in [7, 11) is -3.60. The van der Waals surface area contributed by atoms with Gasteiger partial charge in [0.05, 0.1) is 11.2 Å². The Morgan fingerprint density at radius 2 is 1.73 bits per heavy atom. The third kappa shape index (κ3) is 5.17. The summed E-state index contributed by atoms with van der Waals surface area (Å²) in [6.45, 7) is 4.86. The van der Waals surface area contributed by atoms with Gasteiger partial charge >= 0.3 is 5.97 Å². The molecule has 1 aromatic heterocycles. The van der Waals surface area contributed by atoms with Gasteiger partial charge in [-0.25, -0.2) is 17.9 Å². The number of hydrogen-bond donors (Lipinski definition) is 2. The fraction of sp³-hybridized carbons (Fsp3) is 0.294. The third-order valence-electron chi connectivity index (χ3n) is 3.20. The quantitative estimate of drug-likeness (QED) is 0.711. The zero-order valence-electron chi connectivity index (χ0n) is 14.6. The SMILES string of the molecule is CC(C)NS(=O)(=O)c1ccc(NC(=O)[C@H](C)OC(=O)c2ccco2)cc1. The number of ether oxygens (including phenoxy) is 1. The second-order valence-electron chi connectivity index (χ2n) is 5.81. The maximum Gasteiger partial charge on any atom is 0.374 e. The van der Waals surface area contributed by atoms with E-state index in [2.05, 4.69) is 10.0 Å². The highest BCUT2D eigenvalue weighted by atomic mass is 32.2. The van der Waals surface area contributed by atoms with Crippen molar-refractivity contribution in [3.8, 4) is 0 Å². The minimum absolute atomic E-state index is 0.00291. The molecule has 0 saturated heterocycles. The van der Waals surface area contributed by atoms with Crippen molar-refractivity contribution in [3.63, 3.8) is 0 Å². The first-order chi connectivity index (χ1) is 12.2. The Morgan fingerprint density at radius 1 is 1.08 bits per heavy atom. The van der Waals surface area contributed by atoms with Crippen molar-refractivity contribution >= 4 is 27.6 Å². The van der Waals surface area contributed by atoms with Crippen LogP contribution in [0.15, 0.2) is 52.0 Å². The number of nitrogens with one attached hydrogen (secondary N) is 2. The summed E-state index contributed by atoms with van der Waals surface area (Å²) in [5, 5.41) is 2.55. The third-order valence-corrected chi connectivity index (χ3v) is 4.87. The maximum absolute atomic E-state index is 12.1. The molecular formula is C17H20N2O6S. The number of rotatable bonds is 7. The molecule has 26 heavy (non-hydrogen) atoms. The highest BCUT2D eigenvalue weighted by molar-refractivity contribution is 7.89. The molecule has 0 aliphatic heterocycles. The number of carbonyl (C=O) groups is 2. The van der Waals surface area contributed by atoms with Gasteiger partial charge in [-0.2, -0.15) is 0 Å². The first kappa shape index (κ1) is 19.7. The standard InChI is InChI=1S/C17H20N2O6S/c1-11(2)19-26(22,23)14-8-6-13(7-9-14)18-16(20)12(3)25-17(21)15-5-4-10-24-15/h4-12,19H,1-3H3,(H,18,20)/t12-/m0/s1. The van der Waals surface area contributed by atoms with Crippen LogP contribution >= 0.6 is 0 Å². The van der Waals surface area contributed by atoms with E-state index in [-0.39, 0.29) is 16.7 Å². The van der Waals surface area contributed by atoms with Gasteiger partial charge in [0.25, 0.3) is 5.91 Å². The molecule has 0 fully saturated rings. The molecule has 0 unspecified atom stereocenters. The van der Waals surface area contributed by atoms with Gasteiger partial charge in [-0.15, -0.1) is 0 Å². The normalized spacial score (nSPS) is 12.6. The molecule has 2 aromatic rings. The van der Waals surface area contributed by atoms with Crippen LogP contribution in [0.1, 0.15) is 31.3 Å². The summed E-state index contributed by atoms with van der Waals surface area (Å²) >= 11 is 0. The Morgan fingerprint density at radius 3 is 2.27 bits per heavy atom. The van der Waals surface area contributed by atoms with E-state index in [0.717, 1.165) is 0 Å². The van der Waals surface area contributed by atoms with Gasteiger partial charge in [-0.3, -0.25) is 4.79 Å². The highest BCUT2D eigenvalue weighted by Crippen LogP contribution is 2.15. The molecule has 8 nitrogen and oxygen atoms in total. The molecule has 0 aliphatic carbocycles. The summed E-state index contributed by atoms with van der Waals surface area (Å²) < 4.78 is 36.5. The van der Waals surface area contributed by atoms with Gasteiger partial charge in [0.1, 0.15) is 0 Å². The van der Waals surface area contributed by atoms with Crippen LogP contribution in [0.4, 0.5) is 5.69 Å². The van der Waals surface area contributed by atoms with Crippen LogP contribution in [0.5, 0.6) is 0 Å². The van der Waals surface area contributed by atoms with Gasteiger partial charge in [0.15, 0.2) is 6.10 Å². The number of esters is 1. The van der Waals surface area contributed by atoms with E-state index in [0.29, 0.717) is 5.69 Å². The Hall–Kier alpha value is -2.65. The minimum Gasteiger partial charge on any atom is -0.457 e. The number of amides is 1. The summed E-state index contributed by atoms with van der Waals surface area (Å²) in [6.07, 6.45) is 0.268. The lowest BCUT2D eigenvalue weighted by Crippen LogP contribution is -2.30. The fourth-order valence-corrected chi connectivity index (χ4v) is 3.26. The predicted octanol–water partition coefficient (Wildman–Crippen LogP) is 2.15. The zero-order chi connectivity index (χ0) is 19.3. The molecule has 0 spiro atoms. The monoisotopic (exact) mass is 380 g/mol. The Bertz CT molecular complexity index is 857. The molecule has 1 amide bonds. The lowest BCUT2D eigenvalue weighted by Gasteiger charge is -2.13. The molecule has 1 aromatic carbocycles. The fourth-order valence-electron chi connectivity index (χ4n) is 2.01.